The minimum Gasteiger partial charge on any atom is -0.484 e. The number of methoxy groups -OCH3 is 1. The molecule has 0 radical (unpaired) electrons. The highest BCUT2D eigenvalue weighted by atomic mass is 16.5. The van der Waals surface area contributed by atoms with Crippen molar-refractivity contribution in [2.75, 3.05) is 7.11 Å². The average Bonchev–Trinajstić information content (AvgIpc) is 2.73. The lowest BCUT2D eigenvalue weighted by Crippen LogP contribution is -2.01. The van der Waals surface area contributed by atoms with Gasteiger partial charge in [-0.15, -0.1) is 0 Å². The second-order valence-electron chi connectivity index (χ2n) is 4.16. The SMILES string of the molecule is CCCCCCC(=Nc1ncn(C)c1C#N)OC. The summed E-state index contributed by atoms with van der Waals surface area (Å²) in [6.07, 6.45) is 7.03. The van der Waals surface area contributed by atoms with E-state index in [0.29, 0.717) is 17.4 Å². The Hall–Kier alpha value is -1.83. The molecule has 0 N–H and O–H groups in total. The van der Waals surface area contributed by atoms with Gasteiger partial charge in [0.2, 0.25) is 0 Å². The van der Waals surface area contributed by atoms with Crippen LogP contribution in [-0.2, 0) is 11.8 Å². The third-order valence-corrected chi connectivity index (χ3v) is 2.73. The van der Waals surface area contributed by atoms with Gasteiger partial charge in [-0.1, -0.05) is 26.2 Å². The maximum absolute atomic E-state index is 9.00. The molecule has 0 amide bonds. The fraction of sp³-hybridized carbons (Fsp3) is 0.615. The van der Waals surface area contributed by atoms with Crippen molar-refractivity contribution < 1.29 is 4.74 Å². The van der Waals surface area contributed by atoms with Crippen LogP contribution in [0.1, 0.15) is 44.7 Å². The molecule has 1 rings (SSSR count). The smallest absolute Gasteiger partial charge is 0.191 e. The van der Waals surface area contributed by atoms with Gasteiger partial charge in [0.25, 0.3) is 0 Å². The Bertz CT molecular complexity index is 442. The highest BCUT2D eigenvalue weighted by molar-refractivity contribution is 5.79. The summed E-state index contributed by atoms with van der Waals surface area (Å²) in [6, 6.07) is 2.09. The molecule has 0 aliphatic heterocycles. The fourth-order valence-corrected chi connectivity index (χ4v) is 1.65. The molecule has 0 unspecified atom stereocenters. The molecule has 5 heteroatoms. The van der Waals surface area contributed by atoms with Crippen LogP contribution in [0.15, 0.2) is 11.3 Å². The third-order valence-electron chi connectivity index (χ3n) is 2.73. The number of hydrogen-bond acceptors (Lipinski definition) is 4. The van der Waals surface area contributed by atoms with Gasteiger partial charge in [-0.05, 0) is 6.42 Å². The van der Waals surface area contributed by atoms with Gasteiger partial charge in [0.05, 0.1) is 13.4 Å². The number of aryl methyl sites for hydroxylation is 1. The number of aromatic nitrogens is 2. The van der Waals surface area contributed by atoms with Gasteiger partial charge in [0, 0.05) is 13.5 Å². The molecular weight excluding hydrogens is 228 g/mol. The number of unbranched alkanes of at least 4 members (excludes halogenated alkanes) is 3. The topological polar surface area (TPSA) is 63.2 Å². The first kappa shape index (κ1) is 14.2. The van der Waals surface area contributed by atoms with Crippen LogP contribution in [-0.4, -0.2) is 22.6 Å². The van der Waals surface area contributed by atoms with Crippen molar-refractivity contribution in [1.82, 2.24) is 9.55 Å². The van der Waals surface area contributed by atoms with Crippen molar-refractivity contribution in [1.29, 1.82) is 5.26 Å². The zero-order chi connectivity index (χ0) is 13.4. The average molecular weight is 248 g/mol. The molecule has 0 aliphatic rings. The Balaban J connectivity index is 2.69. The Morgan fingerprint density at radius 3 is 2.89 bits per heavy atom. The number of nitriles is 1. The maximum Gasteiger partial charge on any atom is 0.191 e. The molecule has 98 valence electrons. The van der Waals surface area contributed by atoms with E-state index in [9.17, 15) is 0 Å². The normalized spacial score (nSPS) is 11.3. The second kappa shape index (κ2) is 7.49. The summed E-state index contributed by atoms with van der Waals surface area (Å²) in [6.45, 7) is 2.18. The van der Waals surface area contributed by atoms with Crippen molar-refractivity contribution in [2.24, 2.45) is 12.0 Å². The van der Waals surface area contributed by atoms with Gasteiger partial charge in [0.1, 0.15) is 6.07 Å². The van der Waals surface area contributed by atoms with Gasteiger partial charge < -0.3 is 9.30 Å². The standard InChI is InChI=1S/C13H20N4O/c1-4-5-6-7-8-12(18-3)16-13-11(9-14)17(2)10-15-13/h10H,4-8H2,1-3H3. The highest BCUT2D eigenvalue weighted by Crippen LogP contribution is 2.16. The number of nitrogens with zero attached hydrogens (tertiary/aromatic N) is 4. The lowest BCUT2D eigenvalue weighted by Gasteiger charge is -2.04. The summed E-state index contributed by atoms with van der Waals surface area (Å²) in [5.74, 6) is 1.08. The molecule has 1 heterocycles. The largest absolute Gasteiger partial charge is 0.484 e. The minimum absolute atomic E-state index is 0.437. The number of imidazole rings is 1. The van der Waals surface area contributed by atoms with E-state index in [1.165, 1.54) is 19.3 Å². The Kier molecular flexibility index (Phi) is 5.92. The molecule has 1 aromatic rings. The van der Waals surface area contributed by atoms with Crippen LogP contribution in [0.4, 0.5) is 5.82 Å². The van der Waals surface area contributed by atoms with E-state index in [4.69, 9.17) is 10.00 Å². The van der Waals surface area contributed by atoms with Crippen molar-refractivity contribution in [2.45, 2.75) is 39.0 Å². The van der Waals surface area contributed by atoms with E-state index >= 15 is 0 Å². The van der Waals surface area contributed by atoms with E-state index in [1.807, 2.05) is 0 Å². The summed E-state index contributed by atoms with van der Waals surface area (Å²) in [5.41, 5.74) is 0.457. The van der Waals surface area contributed by atoms with E-state index in [1.54, 1.807) is 25.1 Å². The third kappa shape index (κ3) is 3.88. The van der Waals surface area contributed by atoms with Crippen LogP contribution in [0.3, 0.4) is 0 Å². The lowest BCUT2D eigenvalue weighted by molar-refractivity contribution is 0.387. The lowest BCUT2D eigenvalue weighted by atomic mass is 10.1. The molecule has 0 saturated carbocycles. The van der Waals surface area contributed by atoms with Crippen molar-refractivity contribution in [3.8, 4) is 6.07 Å². The van der Waals surface area contributed by atoms with Crippen LogP contribution in [0.2, 0.25) is 0 Å². The van der Waals surface area contributed by atoms with Crippen LogP contribution in [0.25, 0.3) is 0 Å². The number of aliphatic imine (C=N–C) groups is 1. The van der Waals surface area contributed by atoms with E-state index < -0.39 is 0 Å². The molecule has 5 nitrogen and oxygen atoms in total. The monoisotopic (exact) mass is 248 g/mol. The first-order chi connectivity index (χ1) is 8.72. The van der Waals surface area contributed by atoms with Gasteiger partial charge >= 0.3 is 0 Å². The summed E-state index contributed by atoms with van der Waals surface area (Å²) in [4.78, 5) is 8.40. The number of hydrogen-bond donors (Lipinski definition) is 0. The molecule has 0 aromatic carbocycles. The first-order valence-electron chi connectivity index (χ1n) is 6.25. The molecule has 0 bridgehead atoms. The van der Waals surface area contributed by atoms with Crippen molar-refractivity contribution >= 4 is 11.7 Å². The Morgan fingerprint density at radius 1 is 1.50 bits per heavy atom. The van der Waals surface area contributed by atoms with Crippen LogP contribution >= 0.6 is 0 Å². The summed E-state index contributed by atoms with van der Waals surface area (Å²) >= 11 is 0. The van der Waals surface area contributed by atoms with Crippen LogP contribution < -0.4 is 0 Å². The van der Waals surface area contributed by atoms with Crippen LogP contribution in [0.5, 0.6) is 0 Å². The molecule has 0 spiro atoms. The predicted octanol–water partition coefficient (Wildman–Crippen LogP) is 2.94. The predicted molar refractivity (Wildman–Crippen MR) is 70.8 cm³/mol. The molecule has 0 aliphatic carbocycles. The summed E-state index contributed by atoms with van der Waals surface area (Å²) < 4.78 is 6.89. The molecular formula is C13H20N4O. The second-order valence-corrected chi connectivity index (χ2v) is 4.16. The van der Waals surface area contributed by atoms with Gasteiger partial charge in [-0.3, -0.25) is 0 Å². The van der Waals surface area contributed by atoms with Crippen molar-refractivity contribution in [3.63, 3.8) is 0 Å². The molecule has 0 saturated heterocycles. The summed E-state index contributed by atoms with van der Waals surface area (Å²) in [7, 11) is 3.38. The van der Waals surface area contributed by atoms with Crippen LogP contribution in [0, 0.1) is 11.3 Å². The van der Waals surface area contributed by atoms with Gasteiger partial charge in [-0.2, -0.15) is 10.3 Å². The quantitative estimate of drug-likeness (QED) is 0.441. The maximum atomic E-state index is 9.00. The Morgan fingerprint density at radius 2 is 2.28 bits per heavy atom. The van der Waals surface area contributed by atoms with E-state index in [-0.39, 0.29) is 0 Å². The molecule has 0 fully saturated rings. The molecule has 0 atom stereocenters. The van der Waals surface area contributed by atoms with Crippen molar-refractivity contribution in [3.05, 3.63) is 12.0 Å². The van der Waals surface area contributed by atoms with E-state index in [0.717, 1.165) is 12.8 Å². The minimum atomic E-state index is 0.437. The summed E-state index contributed by atoms with van der Waals surface area (Å²) in [5, 5.41) is 9.00. The van der Waals surface area contributed by atoms with Gasteiger partial charge in [-0.25, -0.2) is 4.98 Å². The van der Waals surface area contributed by atoms with Gasteiger partial charge in [0.15, 0.2) is 17.4 Å². The highest BCUT2D eigenvalue weighted by Gasteiger charge is 2.08. The number of ether oxygens (including phenoxy) is 1. The number of rotatable bonds is 6. The molecule has 1 aromatic heterocycles. The molecule has 18 heavy (non-hydrogen) atoms. The fourth-order valence-electron chi connectivity index (χ4n) is 1.65. The zero-order valence-corrected chi connectivity index (χ0v) is 11.3. The zero-order valence-electron chi connectivity index (χ0n) is 11.3. The first-order valence-corrected chi connectivity index (χ1v) is 6.25. The Labute approximate surface area is 108 Å². The van der Waals surface area contributed by atoms with E-state index in [2.05, 4.69) is 23.0 Å².